The van der Waals surface area contributed by atoms with Gasteiger partial charge in [0.05, 0.1) is 6.61 Å². The molecular formula is C12H24O3S. The monoisotopic (exact) mass is 248 g/mol. The predicted molar refractivity (Wildman–Crippen MR) is 69.2 cm³/mol. The van der Waals surface area contributed by atoms with E-state index in [1.54, 1.807) is 0 Å². The van der Waals surface area contributed by atoms with Crippen LogP contribution in [0.4, 0.5) is 0 Å². The first-order valence-corrected chi connectivity index (χ1v) is 7.30. The Bertz CT molecular complexity index is 162. The Balaban J connectivity index is 2.90. The van der Waals surface area contributed by atoms with Crippen LogP contribution >= 0.6 is 11.8 Å². The van der Waals surface area contributed by atoms with Gasteiger partial charge in [-0.15, -0.1) is 0 Å². The Labute approximate surface area is 103 Å². The van der Waals surface area contributed by atoms with E-state index in [9.17, 15) is 4.79 Å². The molecule has 0 aromatic carbocycles. The topological polar surface area (TPSA) is 46.5 Å². The van der Waals surface area contributed by atoms with Crippen molar-refractivity contribution >= 4 is 17.7 Å². The van der Waals surface area contributed by atoms with Crippen molar-refractivity contribution in [3.63, 3.8) is 0 Å². The highest BCUT2D eigenvalue weighted by Gasteiger charge is 1.96. The zero-order valence-corrected chi connectivity index (χ0v) is 11.1. The number of hydrogen-bond donors (Lipinski definition) is 1. The third kappa shape index (κ3) is 13.8. The third-order valence-electron chi connectivity index (χ3n) is 2.26. The van der Waals surface area contributed by atoms with Gasteiger partial charge in [0.1, 0.15) is 0 Å². The minimum atomic E-state index is -0.675. The fourth-order valence-electron chi connectivity index (χ4n) is 1.37. The van der Waals surface area contributed by atoms with Gasteiger partial charge in [0.25, 0.3) is 0 Å². The summed E-state index contributed by atoms with van der Waals surface area (Å²) in [4.78, 5) is 10.2. The summed E-state index contributed by atoms with van der Waals surface area (Å²) in [5.41, 5.74) is 0. The Morgan fingerprint density at radius 2 is 1.81 bits per heavy atom. The van der Waals surface area contributed by atoms with Crippen LogP contribution in [0.3, 0.4) is 0 Å². The standard InChI is InChI=1S/C12H24O3S/c1-2-15-9-11-16-10-7-5-3-4-6-8-12(13)14/h2-11H2,1H3,(H,13,14). The molecule has 0 aromatic heterocycles. The molecule has 0 aliphatic rings. The Morgan fingerprint density at radius 3 is 2.50 bits per heavy atom. The van der Waals surface area contributed by atoms with Gasteiger partial charge in [-0.2, -0.15) is 11.8 Å². The average Bonchev–Trinajstić information content (AvgIpc) is 2.25. The number of unbranched alkanes of at least 4 members (excludes halogenated alkanes) is 4. The van der Waals surface area contributed by atoms with Crippen LogP contribution in [0.15, 0.2) is 0 Å². The van der Waals surface area contributed by atoms with Crippen molar-refractivity contribution in [1.29, 1.82) is 0 Å². The van der Waals surface area contributed by atoms with Crippen LogP contribution in [0.1, 0.15) is 45.4 Å². The van der Waals surface area contributed by atoms with Crippen molar-refractivity contribution in [2.75, 3.05) is 24.7 Å². The van der Waals surface area contributed by atoms with Gasteiger partial charge in [0.2, 0.25) is 0 Å². The lowest BCUT2D eigenvalue weighted by Gasteiger charge is -2.02. The van der Waals surface area contributed by atoms with Crippen LogP contribution in [-0.2, 0) is 9.53 Å². The molecule has 0 amide bonds. The van der Waals surface area contributed by atoms with Crippen LogP contribution in [-0.4, -0.2) is 35.8 Å². The fourth-order valence-corrected chi connectivity index (χ4v) is 2.22. The molecule has 96 valence electrons. The molecule has 0 bridgehead atoms. The summed E-state index contributed by atoms with van der Waals surface area (Å²) < 4.78 is 5.24. The second-order valence-corrected chi connectivity index (χ2v) is 4.95. The van der Waals surface area contributed by atoms with Crippen molar-refractivity contribution < 1.29 is 14.6 Å². The van der Waals surface area contributed by atoms with Gasteiger partial charge in [0, 0.05) is 18.8 Å². The van der Waals surface area contributed by atoms with E-state index in [-0.39, 0.29) is 0 Å². The third-order valence-corrected chi connectivity index (χ3v) is 3.29. The number of ether oxygens (including phenoxy) is 1. The van der Waals surface area contributed by atoms with Crippen molar-refractivity contribution in [2.45, 2.75) is 45.4 Å². The molecule has 0 radical (unpaired) electrons. The first kappa shape index (κ1) is 15.8. The largest absolute Gasteiger partial charge is 0.481 e. The van der Waals surface area contributed by atoms with Gasteiger partial charge >= 0.3 is 5.97 Å². The second-order valence-electron chi connectivity index (χ2n) is 3.72. The summed E-state index contributed by atoms with van der Waals surface area (Å²) in [5, 5.41) is 8.44. The van der Waals surface area contributed by atoms with Crippen molar-refractivity contribution in [3.05, 3.63) is 0 Å². The first-order chi connectivity index (χ1) is 7.77. The summed E-state index contributed by atoms with van der Waals surface area (Å²) in [5.74, 6) is 1.62. The minimum Gasteiger partial charge on any atom is -0.481 e. The Hall–Kier alpha value is -0.220. The van der Waals surface area contributed by atoms with E-state index in [2.05, 4.69) is 0 Å². The van der Waals surface area contributed by atoms with Gasteiger partial charge in [-0.1, -0.05) is 19.3 Å². The fraction of sp³-hybridized carbons (Fsp3) is 0.917. The molecule has 0 fully saturated rings. The number of hydrogen-bond acceptors (Lipinski definition) is 3. The molecule has 4 heteroatoms. The Morgan fingerprint density at radius 1 is 1.12 bits per heavy atom. The molecule has 0 atom stereocenters. The number of rotatable bonds is 12. The summed E-state index contributed by atoms with van der Waals surface area (Å²) in [6.45, 7) is 3.69. The number of carboxylic acid groups (broad SMARTS) is 1. The second kappa shape index (κ2) is 12.8. The number of carbonyl (C=O) groups is 1. The molecule has 0 aliphatic carbocycles. The smallest absolute Gasteiger partial charge is 0.303 e. The molecule has 0 aromatic rings. The molecule has 1 N–H and O–H groups in total. The van der Waals surface area contributed by atoms with Gasteiger partial charge in [-0.3, -0.25) is 4.79 Å². The van der Waals surface area contributed by atoms with Gasteiger partial charge in [0.15, 0.2) is 0 Å². The summed E-state index contributed by atoms with van der Waals surface area (Å²) in [6, 6.07) is 0. The minimum absolute atomic E-state index is 0.323. The van der Waals surface area contributed by atoms with Gasteiger partial charge in [-0.25, -0.2) is 0 Å². The normalized spacial score (nSPS) is 10.6. The van der Waals surface area contributed by atoms with E-state index in [4.69, 9.17) is 9.84 Å². The predicted octanol–water partition coefficient (Wildman–Crippen LogP) is 3.18. The maximum atomic E-state index is 10.2. The van der Waals surface area contributed by atoms with E-state index in [1.165, 1.54) is 25.0 Å². The van der Waals surface area contributed by atoms with Crippen LogP contribution in [0.2, 0.25) is 0 Å². The van der Waals surface area contributed by atoms with Gasteiger partial charge < -0.3 is 9.84 Å². The molecule has 0 heterocycles. The quantitative estimate of drug-likeness (QED) is 0.539. The van der Waals surface area contributed by atoms with E-state index < -0.39 is 5.97 Å². The van der Waals surface area contributed by atoms with Crippen molar-refractivity contribution in [1.82, 2.24) is 0 Å². The van der Waals surface area contributed by atoms with E-state index in [0.717, 1.165) is 31.8 Å². The number of carboxylic acids is 1. The zero-order chi connectivity index (χ0) is 12.1. The average molecular weight is 248 g/mol. The summed E-state index contributed by atoms with van der Waals surface area (Å²) in [7, 11) is 0. The maximum absolute atomic E-state index is 10.2. The Kier molecular flexibility index (Phi) is 12.7. The molecule has 0 aliphatic heterocycles. The maximum Gasteiger partial charge on any atom is 0.303 e. The highest BCUT2D eigenvalue weighted by molar-refractivity contribution is 7.99. The molecule has 3 nitrogen and oxygen atoms in total. The molecular weight excluding hydrogens is 224 g/mol. The SMILES string of the molecule is CCOCCSCCCCCCCC(=O)O. The first-order valence-electron chi connectivity index (χ1n) is 6.14. The number of thioether (sulfide) groups is 1. The summed E-state index contributed by atoms with van der Waals surface area (Å²) in [6.07, 6.45) is 5.83. The lowest BCUT2D eigenvalue weighted by molar-refractivity contribution is -0.137. The van der Waals surface area contributed by atoms with Crippen LogP contribution in [0.25, 0.3) is 0 Å². The molecule has 0 saturated carbocycles. The summed E-state index contributed by atoms with van der Waals surface area (Å²) >= 11 is 1.94. The van der Waals surface area contributed by atoms with Crippen molar-refractivity contribution in [2.24, 2.45) is 0 Å². The van der Waals surface area contributed by atoms with Gasteiger partial charge in [-0.05, 0) is 25.5 Å². The van der Waals surface area contributed by atoms with E-state index in [1.807, 2.05) is 18.7 Å². The molecule has 0 saturated heterocycles. The van der Waals surface area contributed by atoms with Crippen molar-refractivity contribution in [3.8, 4) is 0 Å². The highest BCUT2D eigenvalue weighted by atomic mass is 32.2. The van der Waals surface area contributed by atoms with Crippen LogP contribution in [0.5, 0.6) is 0 Å². The van der Waals surface area contributed by atoms with Crippen LogP contribution in [0, 0.1) is 0 Å². The van der Waals surface area contributed by atoms with E-state index >= 15 is 0 Å². The van der Waals surface area contributed by atoms with E-state index in [0.29, 0.717) is 6.42 Å². The zero-order valence-electron chi connectivity index (χ0n) is 10.2. The highest BCUT2D eigenvalue weighted by Crippen LogP contribution is 2.09. The van der Waals surface area contributed by atoms with Crippen LogP contribution < -0.4 is 0 Å². The lowest BCUT2D eigenvalue weighted by Crippen LogP contribution is -1.97. The lowest BCUT2D eigenvalue weighted by atomic mass is 10.1. The molecule has 0 unspecified atom stereocenters. The molecule has 0 rings (SSSR count). The number of aliphatic carboxylic acids is 1. The molecule has 16 heavy (non-hydrogen) atoms. The molecule has 0 spiro atoms.